The smallest absolute Gasteiger partial charge is 0.309 e. The average Bonchev–Trinajstić information content (AvgIpc) is 2.70. The minimum Gasteiger partial charge on any atom is -0.466 e. The fourth-order valence-electron chi connectivity index (χ4n) is 4.21. The Kier molecular flexibility index (Phi) is 6.89. The van der Waals surface area contributed by atoms with Crippen molar-refractivity contribution in [1.29, 1.82) is 0 Å². The van der Waals surface area contributed by atoms with Crippen LogP contribution in [0.2, 0.25) is 0 Å². The van der Waals surface area contributed by atoms with Crippen LogP contribution in [0.25, 0.3) is 0 Å². The molecular formula is C22H32N2O3. The summed E-state index contributed by atoms with van der Waals surface area (Å²) in [5, 5.41) is 0. The van der Waals surface area contributed by atoms with Crippen molar-refractivity contribution in [3.63, 3.8) is 0 Å². The van der Waals surface area contributed by atoms with Crippen molar-refractivity contribution in [2.45, 2.75) is 46.1 Å². The third kappa shape index (κ3) is 5.32. The molecule has 0 radical (unpaired) electrons. The fraction of sp³-hybridized carbons (Fsp3) is 0.636. The van der Waals surface area contributed by atoms with E-state index in [1.165, 1.54) is 11.1 Å². The predicted octanol–water partition coefficient (Wildman–Crippen LogP) is 3.01. The molecule has 1 amide bonds. The predicted molar refractivity (Wildman–Crippen MR) is 105 cm³/mol. The molecule has 2 heterocycles. The Morgan fingerprint density at radius 1 is 1.04 bits per heavy atom. The number of carbonyl (C=O) groups is 2. The summed E-state index contributed by atoms with van der Waals surface area (Å²) < 4.78 is 5.12. The third-order valence-electron chi connectivity index (χ3n) is 5.81. The Morgan fingerprint density at radius 3 is 2.41 bits per heavy atom. The fourth-order valence-corrected chi connectivity index (χ4v) is 4.21. The average molecular weight is 373 g/mol. The second-order valence-electron chi connectivity index (χ2n) is 7.91. The van der Waals surface area contributed by atoms with Gasteiger partial charge in [-0.2, -0.15) is 0 Å². The van der Waals surface area contributed by atoms with Crippen LogP contribution in [0.5, 0.6) is 0 Å². The zero-order valence-corrected chi connectivity index (χ0v) is 16.7. The van der Waals surface area contributed by atoms with Crippen LogP contribution in [0.4, 0.5) is 0 Å². The van der Waals surface area contributed by atoms with Gasteiger partial charge in [-0.3, -0.25) is 14.5 Å². The van der Waals surface area contributed by atoms with E-state index in [1.807, 2.05) is 11.8 Å². The molecular weight excluding hydrogens is 340 g/mol. The molecule has 0 saturated carbocycles. The Hall–Kier alpha value is -1.88. The van der Waals surface area contributed by atoms with Crippen LogP contribution < -0.4 is 0 Å². The van der Waals surface area contributed by atoms with Crippen molar-refractivity contribution in [1.82, 2.24) is 9.80 Å². The first-order valence-electron chi connectivity index (χ1n) is 10.3. The topological polar surface area (TPSA) is 49.9 Å². The van der Waals surface area contributed by atoms with Gasteiger partial charge >= 0.3 is 5.97 Å². The molecule has 0 aromatic heterocycles. The summed E-state index contributed by atoms with van der Waals surface area (Å²) in [4.78, 5) is 29.2. The lowest BCUT2D eigenvalue weighted by Crippen LogP contribution is -2.47. The number of piperidine rings is 2. The molecule has 148 valence electrons. The number of benzene rings is 1. The van der Waals surface area contributed by atoms with E-state index in [9.17, 15) is 9.59 Å². The number of hydrogen-bond acceptors (Lipinski definition) is 4. The highest BCUT2D eigenvalue weighted by atomic mass is 16.5. The van der Waals surface area contributed by atoms with Crippen LogP contribution in [0.3, 0.4) is 0 Å². The summed E-state index contributed by atoms with van der Waals surface area (Å²) in [6.45, 7) is 8.53. The van der Waals surface area contributed by atoms with E-state index in [2.05, 4.69) is 36.1 Å². The number of esters is 1. The van der Waals surface area contributed by atoms with Crippen molar-refractivity contribution in [3.05, 3.63) is 35.4 Å². The highest BCUT2D eigenvalue weighted by Crippen LogP contribution is 2.24. The second-order valence-corrected chi connectivity index (χ2v) is 7.91. The van der Waals surface area contributed by atoms with Crippen molar-refractivity contribution in [3.8, 4) is 0 Å². The molecule has 5 heteroatoms. The van der Waals surface area contributed by atoms with E-state index in [0.29, 0.717) is 19.7 Å². The molecule has 2 saturated heterocycles. The number of carbonyl (C=O) groups excluding carboxylic acids is 2. The van der Waals surface area contributed by atoms with Gasteiger partial charge in [-0.1, -0.05) is 29.8 Å². The summed E-state index contributed by atoms with van der Waals surface area (Å²) in [5.74, 6) is 0.208. The minimum absolute atomic E-state index is 0.0432. The number of ether oxygens (including phenoxy) is 1. The van der Waals surface area contributed by atoms with Gasteiger partial charge in [0.1, 0.15) is 0 Å². The number of likely N-dealkylation sites (tertiary alicyclic amines) is 2. The van der Waals surface area contributed by atoms with Gasteiger partial charge in [0.15, 0.2) is 0 Å². The van der Waals surface area contributed by atoms with Crippen molar-refractivity contribution < 1.29 is 14.3 Å². The quantitative estimate of drug-likeness (QED) is 0.746. The van der Waals surface area contributed by atoms with E-state index in [1.54, 1.807) is 0 Å². The van der Waals surface area contributed by atoms with Crippen LogP contribution in [0.15, 0.2) is 24.3 Å². The zero-order valence-electron chi connectivity index (χ0n) is 16.7. The van der Waals surface area contributed by atoms with Gasteiger partial charge in [0.2, 0.25) is 5.91 Å². The maximum absolute atomic E-state index is 13.0. The molecule has 0 N–H and O–H groups in total. The van der Waals surface area contributed by atoms with Gasteiger partial charge in [0.25, 0.3) is 0 Å². The molecule has 1 aromatic carbocycles. The molecule has 3 rings (SSSR count). The van der Waals surface area contributed by atoms with Crippen molar-refractivity contribution >= 4 is 11.9 Å². The van der Waals surface area contributed by atoms with Gasteiger partial charge < -0.3 is 9.64 Å². The molecule has 0 bridgehead atoms. The van der Waals surface area contributed by atoms with Crippen LogP contribution >= 0.6 is 0 Å². The van der Waals surface area contributed by atoms with E-state index in [0.717, 1.165) is 45.3 Å². The first-order valence-corrected chi connectivity index (χ1v) is 10.3. The molecule has 1 aromatic rings. The normalized spacial score (nSPS) is 21.9. The van der Waals surface area contributed by atoms with Crippen LogP contribution in [-0.2, 0) is 20.9 Å². The van der Waals surface area contributed by atoms with E-state index in [-0.39, 0.29) is 23.7 Å². The molecule has 2 aliphatic heterocycles. The SMILES string of the molecule is CCOC(=O)C1CCN(C(=O)C2CCCN(Cc3ccc(C)cc3)C2)CC1. The molecule has 5 nitrogen and oxygen atoms in total. The summed E-state index contributed by atoms with van der Waals surface area (Å²) in [6.07, 6.45) is 3.50. The van der Waals surface area contributed by atoms with Crippen molar-refractivity contribution in [2.24, 2.45) is 11.8 Å². The third-order valence-corrected chi connectivity index (χ3v) is 5.81. The lowest BCUT2D eigenvalue weighted by Gasteiger charge is -2.37. The second kappa shape index (κ2) is 9.36. The maximum Gasteiger partial charge on any atom is 0.309 e. The van der Waals surface area contributed by atoms with Gasteiger partial charge in [-0.05, 0) is 51.6 Å². The number of nitrogens with zero attached hydrogens (tertiary/aromatic N) is 2. The molecule has 2 fully saturated rings. The molecule has 0 spiro atoms. The maximum atomic E-state index is 13.0. The highest BCUT2D eigenvalue weighted by Gasteiger charge is 2.33. The highest BCUT2D eigenvalue weighted by molar-refractivity contribution is 5.80. The van der Waals surface area contributed by atoms with Crippen LogP contribution in [-0.4, -0.2) is 54.5 Å². The first kappa shape index (κ1) is 19.9. The van der Waals surface area contributed by atoms with Gasteiger partial charge in [-0.25, -0.2) is 0 Å². The number of rotatable bonds is 5. The number of hydrogen-bond donors (Lipinski definition) is 0. The molecule has 27 heavy (non-hydrogen) atoms. The summed E-state index contributed by atoms with van der Waals surface area (Å²) in [6, 6.07) is 8.66. The summed E-state index contributed by atoms with van der Waals surface area (Å²) >= 11 is 0. The molecule has 1 unspecified atom stereocenters. The number of aryl methyl sites for hydroxylation is 1. The minimum atomic E-state index is -0.105. The molecule has 2 aliphatic rings. The lowest BCUT2D eigenvalue weighted by atomic mass is 9.92. The Balaban J connectivity index is 1.50. The van der Waals surface area contributed by atoms with Gasteiger partial charge in [0.05, 0.1) is 18.4 Å². The summed E-state index contributed by atoms with van der Waals surface area (Å²) in [7, 11) is 0. The molecule has 0 aliphatic carbocycles. The van der Waals surface area contributed by atoms with Crippen LogP contribution in [0, 0.1) is 18.8 Å². The van der Waals surface area contributed by atoms with Gasteiger partial charge in [-0.15, -0.1) is 0 Å². The first-order chi connectivity index (χ1) is 13.1. The monoisotopic (exact) mass is 372 g/mol. The standard InChI is InChI=1S/C22H32N2O3/c1-3-27-22(26)19-10-13-24(14-11-19)21(25)20-5-4-12-23(16-20)15-18-8-6-17(2)7-9-18/h6-9,19-20H,3-5,10-16H2,1-2H3. The van der Waals surface area contributed by atoms with E-state index < -0.39 is 0 Å². The summed E-state index contributed by atoms with van der Waals surface area (Å²) in [5.41, 5.74) is 2.58. The van der Waals surface area contributed by atoms with Crippen LogP contribution in [0.1, 0.15) is 43.7 Å². The van der Waals surface area contributed by atoms with E-state index >= 15 is 0 Å². The van der Waals surface area contributed by atoms with Crippen molar-refractivity contribution in [2.75, 3.05) is 32.8 Å². The van der Waals surface area contributed by atoms with Gasteiger partial charge in [0, 0.05) is 26.2 Å². The Bertz CT molecular complexity index is 635. The Labute approximate surface area is 162 Å². The zero-order chi connectivity index (χ0) is 19.2. The largest absolute Gasteiger partial charge is 0.466 e. The number of amides is 1. The van der Waals surface area contributed by atoms with E-state index in [4.69, 9.17) is 4.74 Å². The Morgan fingerprint density at radius 2 is 1.74 bits per heavy atom. The molecule has 1 atom stereocenters. The lowest BCUT2D eigenvalue weighted by molar-refractivity contribution is -0.152.